The normalized spacial score (nSPS) is 39.0. The van der Waals surface area contributed by atoms with Gasteiger partial charge in [0.1, 0.15) is 0 Å². The molecule has 1 saturated carbocycles. The third kappa shape index (κ3) is 2.48. The highest BCUT2D eigenvalue weighted by atomic mass is 16.3. The first-order valence-corrected chi connectivity index (χ1v) is 4.92. The van der Waals surface area contributed by atoms with E-state index in [2.05, 4.69) is 13.8 Å². The lowest BCUT2D eigenvalue weighted by Crippen LogP contribution is -2.28. The van der Waals surface area contributed by atoms with Gasteiger partial charge in [-0.25, -0.2) is 0 Å². The average molecular weight is 156 g/mol. The van der Waals surface area contributed by atoms with Crippen LogP contribution in [0.1, 0.15) is 46.0 Å². The highest BCUT2D eigenvalue weighted by molar-refractivity contribution is 4.77. The molecule has 0 radical (unpaired) electrons. The molecule has 0 amide bonds. The number of rotatable bonds is 2. The summed E-state index contributed by atoms with van der Waals surface area (Å²) in [6.07, 6.45) is 6.03. The number of aliphatic hydroxyl groups is 1. The maximum Gasteiger partial charge on any atom is 0.0570 e. The van der Waals surface area contributed by atoms with Crippen LogP contribution in [0.15, 0.2) is 0 Å². The van der Waals surface area contributed by atoms with Crippen LogP contribution in [0.2, 0.25) is 0 Å². The molecule has 0 bridgehead atoms. The van der Waals surface area contributed by atoms with Crippen molar-refractivity contribution in [2.45, 2.75) is 52.1 Å². The second-order valence-electron chi connectivity index (χ2n) is 4.03. The standard InChI is InChI=1S/C10H20O/c1-3-4-9-6-5-8(2)7-10(9)11/h8-11H,3-7H2,1-2H3/t8-,9+,10-/m0/s1. The van der Waals surface area contributed by atoms with E-state index in [1.807, 2.05) is 0 Å². The van der Waals surface area contributed by atoms with Crippen molar-refractivity contribution in [3.05, 3.63) is 0 Å². The van der Waals surface area contributed by atoms with E-state index in [4.69, 9.17) is 0 Å². The Kier molecular flexibility index (Phi) is 3.38. The Bertz CT molecular complexity index is 111. The van der Waals surface area contributed by atoms with Gasteiger partial charge in [-0.15, -0.1) is 0 Å². The summed E-state index contributed by atoms with van der Waals surface area (Å²) >= 11 is 0. The summed E-state index contributed by atoms with van der Waals surface area (Å²) in [4.78, 5) is 0. The van der Waals surface area contributed by atoms with Crippen molar-refractivity contribution in [2.24, 2.45) is 11.8 Å². The van der Waals surface area contributed by atoms with Crippen LogP contribution in [-0.2, 0) is 0 Å². The topological polar surface area (TPSA) is 20.2 Å². The van der Waals surface area contributed by atoms with Crippen LogP contribution in [0.5, 0.6) is 0 Å². The second kappa shape index (κ2) is 4.10. The lowest BCUT2D eigenvalue weighted by molar-refractivity contribution is 0.0444. The minimum Gasteiger partial charge on any atom is -0.393 e. The van der Waals surface area contributed by atoms with E-state index in [1.165, 1.54) is 25.7 Å². The Hall–Kier alpha value is -0.0400. The molecule has 1 fully saturated rings. The summed E-state index contributed by atoms with van der Waals surface area (Å²) in [6, 6.07) is 0. The molecule has 1 rings (SSSR count). The first-order chi connectivity index (χ1) is 5.24. The molecule has 1 aliphatic rings. The lowest BCUT2D eigenvalue weighted by Gasteiger charge is -2.31. The van der Waals surface area contributed by atoms with Crippen molar-refractivity contribution in [1.29, 1.82) is 0 Å². The first kappa shape index (κ1) is 9.05. The zero-order valence-corrected chi connectivity index (χ0v) is 7.71. The van der Waals surface area contributed by atoms with Crippen LogP contribution in [0.25, 0.3) is 0 Å². The van der Waals surface area contributed by atoms with Crippen molar-refractivity contribution in [1.82, 2.24) is 0 Å². The SMILES string of the molecule is CCC[C@@H]1CC[C@H](C)C[C@@H]1O. The zero-order valence-electron chi connectivity index (χ0n) is 7.71. The number of hydrogen-bond acceptors (Lipinski definition) is 1. The smallest absolute Gasteiger partial charge is 0.0570 e. The average Bonchev–Trinajstić information content (AvgIpc) is 1.95. The van der Waals surface area contributed by atoms with Crippen LogP contribution >= 0.6 is 0 Å². The summed E-state index contributed by atoms with van der Waals surface area (Å²) in [5.74, 6) is 1.36. The first-order valence-electron chi connectivity index (χ1n) is 4.92. The van der Waals surface area contributed by atoms with Gasteiger partial charge >= 0.3 is 0 Å². The fourth-order valence-corrected chi connectivity index (χ4v) is 2.12. The van der Waals surface area contributed by atoms with E-state index in [-0.39, 0.29) is 6.10 Å². The van der Waals surface area contributed by atoms with Crippen LogP contribution in [0.3, 0.4) is 0 Å². The molecule has 0 aromatic heterocycles. The summed E-state index contributed by atoms with van der Waals surface area (Å²) in [7, 11) is 0. The van der Waals surface area contributed by atoms with Gasteiger partial charge in [-0.05, 0) is 31.1 Å². The van der Waals surface area contributed by atoms with Gasteiger partial charge in [-0.2, -0.15) is 0 Å². The van der Waals surface area contributed by atoms with Gasteiger partial charge < -0.3 is 5.11 Å². The minimum atomic E-state index is -0.00120. The lowest BCUT2D eigenvalue weighted by atomic mass is 9.79. The molecule has 1 nitrogen and oxygen atoms in total. The number of aliphatic hydroxyl groups excluding tert-OH is 1. The third-order valence-corrected chi connectivity index (χ3v) is 2.88. The molecule has 66 valence electrons. The van der Waals surface area contributed by atoms with Crippen molar-refractivity contribution >= 4 is 0 Å². The number of hydrogen-bond donors (Lipinski definition) is 1. The fourth-order valence-electron chi connectivity index (χ4n) is 2.12. The maximum atomic E-state index is 9.67. The molecule has 11 heavy (non-hydrogen) atoms. The molecule has 1 N–H and O–H groups in total. The predicted molar refractivity (Wildman–Crippen MR) is 47.4 cm³/mol. The molecule has 0 unspecified atom stereocenters. The highest BCUT2D eigenvalue weighted by Crippen LogP contribution is 2.31. The Morgan fingerprint density at radius 1 is 1.36 bits per heavy atom. The summed E-state index contributed by atoms with van der Waals surface area (Å²) in [6.45, 7) is 4.44. The van der Waals surface area contributed by atoms with Gasteiger partial charge in [0.05, 0.1) is 6.10 Å². The maximum absolute atomic E-state index is 9.67. The third-order valence-electron chi connectivity index (χ3n) is 2.88. The van der Waals surface area contributed by atoms with E-state index in [9.17, 15) is 5.11 Å². The largest absolute Gasteiger partial charge is 0.393 e. The summed E-state index contributed by atoms with van der Waals surface area (Å²) in [5, 5.41) is 9.67. The van der Waals surface area contributed by atoms with Gasteiger partial charge in [0.15, 0.2) is 0 Å². The minimum absolute atomic E-state index is 0.00120. The second-order valence-corrected chi connectivity index (χ2v) is 4.03. The van der Waals surface area contributed by atoms with Gasteiger partial charge in [0.2, 0.25) is 0 Å². The Labute approximate surface area is 69.8 Å². The Morgan fingerprint density at radius 3 is 2.64 bits per heavy atom. The fraction of sp³-hybridized carbons (Fsp3) is 1.00. The molecule has 0 aliphatic heterocycles. The van der Waals surface area contributed by atoms with E-state index in [0.717, 1.165) is 12.3 Å². The molecule has 0 aromatic rings. The zero-order chi connectivity index (χ0) is 8.27. The van der Waals surface area contributed by atoms with Crippen LogP contribution in [0.4, 0.5) is 0 Å². The van der Waals surface area contributed by atoms with Crippen LogP contribution < -0.4 is 0 Å². The van der Waals surface area contributed by atoms with Gasteiger partial charge in [0, 0.05) is 0 Å². The summed E-state index contributed by atoms with van der Waals surface area (Å²) in [5.41, 5.74) is 0. The Morgan fingerprint density at radius 2 is 2.09 bits per heavy atom. The van der Waals surface area contributed by atoms with Gasteiger partial charge in [-0.1, -0.05) is 26.7 Å². The molecule has 1 heteroatoms. The quantitative estimate of drug-likeness (QED) is 0.651. The van der Waals surface area contributed by atoms with Crippen molar-refractivity contribution in [2.75, 3.05) is 0 Å². The van der Waals surface area contributed by atoms with Gasteiger partial charge in [-0.3, -0.25) is 0 Å². The van der Waals surface area contributed by atoms with Gasteiger partial charge in [0.25, 0.3) is 0 Å². The van der Waals surface area contributed by atoms with Crippen LogP contribution in [-0.4, -0.2) is 11.2 Å². The monoisotopic (exact) mass is 156 g/mol. The Balaban J connectivity index is 2.31. The van der Waals surface area contributed by atoms with Crippen molar-refractivity contribution in [3.63, 3.8) is 0 Å². The molecule has 0 saturated heterocycles. The van der Waals surface area contributed by atoms with Crippen molar-refractivity contribution in [3.8, 4) is 0 Å². The molecule has 0 spiro atoms. The van der Waals surface area contributed by atoms with Crippen molar-refractivity contribution < 1.29 is 5.11 Å². The van der Waals surface area contributed by atoms with E-state index in [1.54, 1.807) is 0 Å². The molecule has 0 heterocycles. The molecule has 0 aromatic carbocycles. The summed E-state index contributed by atoms with van der Waals surface area (Å²) < 4.78 is 0. The van der Waals surface area contributed by atoms with Crippen LogP contribution in [0, 0.1) is 11.8 Å². The van der Waals surface area contributed by atoms with E-state index >= 15 is 0 Å². The highest BCUT2D eigenvalue weighted by Gasteiger charge is 2.25. The molecule has 3 atom stereocenters. The molecule has 1 aliphatic carbocycles. The predicted octanol–water partition coefficient (Wildman–Crippen LogP) is 2.58. The molecular formula is C10H20O. The molecular weight excluding hydrogens is 136 g/mol. The van der Waals surface area contributed by atoms with E-state index < -0.39 is 0 Å². The van der Waals surface area contributed by atoms with E-state index in [0.29, 0.717) is 5.92 Å².